The van der Waals surface area contributed by atoms with Crippen LogP contribution in [0.15, 0.2) is 48.7 Å². The molecule has 0 aliphatic rings. The standard InChI is InChI=1S/C24H25F2N7O2S/c1-14(2)29-20-10-7-15(13-28-20)24-31-19-9-8-17(30-22(19)23(27)32-24)16-5-3-6-18(21(16)26)33-36(34,35)12-4-11-25/h3,5-10,13-14,33H,4,11-12H2,1-2H3,(H,28,29)(H2,27,31,32). The number of hydrogen-bond acceptors (Lipinski definition) is 8. The highest BCUT2D eigenvalue weighted by Gasteiger charge is 2.18. The normalized spacial score (nSPS) is 11.7. The Morgan fingerprint density at radius 1 is 1.06 bits per heavy atom. The van der Waals surface area contributed by atoms with Gasteiger partial charge in [-0.25, -0.2) is 32.7 Å². The van der Waals surface area contributed by atoms with Gasteiger partial charge in [0, 0.05) is 23.4 Å². The third-order valence-electron chi connectivity index (χ3n) is 5.11. The van der Waals surface area contributed by atoms with Gasteiger partial charge in [-0.1, -0.05) is 6.07 Å². The summed E-state index contributed by atoms with van der Waals surface area (Å²) in [4.78, 5) is 17.7. The fraction of sp³-hybridized carbons (Fsp3) is 0.250. The van der Waals surface area contributed by atoms with Crippen molar-refractivity contribution in [2.24, 2.45) is 0 Å². The summed E-state index contributed by atoms with van der Waals surface area (Å²) in [6, 6.07) is 11.3. The van der Waals surface area contributed by atoms with Gasteiger partial charge in [0.2, 0.25) is 10.0 Å². The number of fused-ring (bicyclic) bond motifs is 1. The number of nitrogen functional groups attached to an aromatic ring is 1. The van der Waals surface area contributed by atoms with E-state index in [0.717, 1.165) is 5.82 Å². The minimum absolute atomic E-state index is 0.0588. The van der Waals surface area contributed by atoms with E-state index in [1.54, 1.807) is 18.3 Å². The predicted molar refractivity (Wildman–Crippen MR) is 137 cm³/mol. The SMILES string of the molecule is CC(C)Nc1ccc(-c2nc(N)c3nc(-c4cccc(NS(=O)(=O)CCCF)c4F)ccc3n2)cn1. The van der Waals surface area contributed by atoms with Crippen LogP contribution in [0.1, 0.15) is 20.3 Å². The van der Waals surface area contributed by atoms with Crippen molar-refractivity contribution in [3.63, 3.8) is 0 Å². The molecule has 0 unspecified atom stereocenters. The molecule has 188 valence electrons. The summed E-state index contributed by atoms with van der Waals surface area (Å²) in [5.41, 5.74) is 7.59. The molecule has 0 aliphatic heterocycles. The molecular weight excluding hydrogens is 488 g/mol. The summed E-state index contributed by atoms with van der Waals surface area (Å²) in [5.74, 6) is -0.0728. The zero-order valence-corrected chi connectivity index (χ0v) is 20.5. The minimum Gasteiger partial charge on any atom is -0.382 e. The predicted octanol–water partition coefficient (Wildman–Crippen LogP) is 4.40. The second-order valence-corrected chi connectivity index (χ2v) is 10.2. The molecule has 0 atom stereocenters. The molecule has 12 heteroatoms. The summed E-state index contributed by atoms with van der Waals surface area (Å²) < 4.78 is 53.9. The molecule has 9 nitrogen and oxygen atoms in total. The van der Waals surface area contributed by atoms with E-state index in [4.69, 9.17) is 5.73 Å². The minimum atomic E-state index is -3.90. The number of nitrogens with one attached hydrogen (secondary N) is 2. The van der Waals surface area contributed by atoms with Gasteiger partial charge in [-0.2, -0.15) is 0 Å². The van der Waals surface area contributed by atoms with Crippen LogP contribution < -0.4 is 15.8 Å². The van der Waals surface area contributed by atoms with Crippen LogP contribution in [0.5, 0.6) is 0 Å². The van der Waals surface area contributed by atoms with Crippen LogP contribution in [-0.2, 0) is 10.0 Å². The fourth-order valence-corrected chi connectivity index (χ4v) is 4.58. The van der Waals surface area contributed by atoms with Gasteiger partial charge in [-0.05, 0) is 56.7 Å². The lowest BCUT2D eigenvalue weighted by Crippen LogP contribution is -2.18. The first-order valence-corrected chi connectivity index (χ1v) is 12.8. The van der Waals surface area contributed by atoms with E-state index in [2.05, 4.69) is 30.0 Å². The van der Waals surface area contributed by atoms with Crippen molar-refractivity contribution in [3.8, 4) is 22.6 Å². The summed E-state index contributed by atoms with van der Waals surface area (Å²) in [6.07, 6.45) is 1.46. The molecular formula is C24H25F2N7O2S. The number of rotatable bonds is 9. The number of alkyl halides is 1. The average Bonchev–Trinajstić information content (AvgIpc) is 2.84. The molecule has 0 radical (unpaired) electrons. The highest BCUT2D eigenvalue weighted by Crippen LogP contribution is 2.30. The molecule has 0 aliphatic carbocycles. The quantitative estimate of drug-likeness (QED) is 0.300. The second-order valence-electron chi connectivity index (χ2n) is 8.36. The molecule has 0 fully saturated rings. The van der Waals surface area contributed by atoms with Gasteiger partial charge < -0.3 is 11.1 Å². The van der Waals surface area contributed by atoms with Crippen LogP contribution in [0.25, 0.3) is 33.7 Å². The van der Waals surface area contributed by atoms with Gasteiger partial charge in [0.25, 0.3) is 0 Å². The Labute approximate surface area is 207 Å². The van der Waals surface area contributed by atoms with Crippen LogP contribution in [0.2, 0.25) is 0 Å². The van der Waals surface area contributed by atoms with Crippen molar-refractivity contribution in [2.45, 2.75) is 26.3 Å². The first kappa shape index (κ1) is 25.2. The summed E-state index contributed by atoms with van der Waals surface area (Å²) in [7, 11) is -3.90. The monoisotopic (exact) mass is 513 g/mol. The Bertz CT molecular complexity index is 1500. The van der Waals surface area contributed by atoms with Gasteiger partial charge in [-0.15, -0.1) is 0 Å². The summed E-state index contributed by atoms with van der Waals surface area (Å²) in [6.45, 7) is 3.24. The Morgan fingerprint density at radius 3 is 2.56 bits per heavy atom. The van der Waals surface area contributed by atoms with Crippen LogP contribution in [0.3, 0.4) is 0 Å². The molecule has 0 spiro atoms. The van der Waals surface area contributed by atoms with E-state index in [0.29, 0.717) is 16.9 Å². The third kappa shape index (κ3) is 5.65. The van der Waals surface area contributed by atoms with Crippen molar-refractivity contribution < 1.29 is 17.2 Å². The number of benzene rings is 1. The van der Waals surface area contributed by atoms with Crippen LogP contribution in [0, 0.1) is 5.82 Å². The Morgan fingerprint density at radius 2 is 1.86 bits per heavy atom. The van der Waals surface area contributed by atoms with Crippen molar-refractivity contribution in [1.82, 2.24) is 19.9 Å². The number of anilines is 3. The van der Waals surface area contributed by atoms with Crippen LogP contribution >= 0.6 is 0 Å². The number of halogens is 2. The highest BCUT2D eigenvalue weighted by molar-refractivity contribution is 7.92. The number of sulfonamides is 1. The lowest BCUT2D eigenvalue weighted by atomic mass is 10.1. The van der Waals surface area contributed by atoms with Gasteiger partial charge in [0.15, 0.2) is 17.5 Å². The summed E-state index contributed by atoms with van der Waals surface area (Å²) in [5, 5.41) is 3.21. The number of aromatic nitrogens is 4. The molecule has 3 aromatic heterocycles. The molecule has 4 N–H and O–H groups in total. The fourth-order valence-electron chi connectivity index (χ4n) is 3.49. The highest BCUT2D eigenvalue weighted by atomic mass is 32.2. The molecule has 3 heterocycles. The largest absolute Gasteiger partial charge is 0.382 e. The Hall–Kier alpha value is -3.93. The van der Waals surface area contributed by atoms with E-state index in [1.807, 2.05) is 26.0 Å². The van der Waals surface area contributed by atoms with Crippen molar-refractivity contribution in [2.75, 3.05) is 28.2 Å². The molecule has 0 saturated carbocycles. The maximum absolute atomic E-state index is 15.2. The van der Waals surface area contributed by atoms with E-state index in [9.17, 15) is 12.8 Å². The first-order valence-electron chi connectivity index (χ1n) is 11.2. The maximum Gasteiger partial charge on any atom is 0.232 e. The molecule has 0 amide bonds. The van der Waals surface area contributed by atoms with Gasteiger partial charge in [-0.3, -0.25) is 9.11 Å². The zero-order valence-electron chi connectivity index (χ0n) is 19.7. The van der Waals surface area contributed by atoms with Gasteiger partial charge in [0.1, 0.15) is 11.3 Å². The van der Waals surface area contributed by atoms with Gasteiger partial charge in [0.05, 0.1) is 29.3 Å². The molecule has 0 bridgehead atoms. The maximum atomic E-state index is 15.2. The lowest BCUT2D eigenvalue weighted by Gasteiger charge is -2.12. The zero-order chi connectivity index (χ0) is 25.9. The number of pyridine rings is 2. The van der Waals surface area contributed by atoms with Crippen molar-refractivity contribution in [1.29, 1.82) is 0 Å². The lowest BCUT2D eigenvalue weighted by molar-refractivity contribution is 0.484. The number of hydrogen-bond donors (Lipinski definition) is 3. The first-order chi connectivity index (χ1) is 17.2. The third-order valence-corrected chi connectivity index (χ3v) is 6.47. The average molecular weight is 514 g/mol. The molecule has 36 heavy (non-hydrogen) atoms. The van der Waals surface area contributed by atoms with E-state index < -0.39 is 28.3 Å². The topological polar surface area (TPSA) is 136 Å². The van der Waals surface area contributed by atoms with Crippen molar-refractivity contribution in [3.05, 3.63) is 54.5 Å². The van der Waals surface area contributed by atoms with Crippen LogP contribution in [0.4, 0.5) is 26.1 Å². The summed E-state index contributed by atoms with van der Waals surface area (Å²) >= 11 is 0. The Kier molecular flexibility index (Phi) is 7.25. The molecule has 4 aromatic rings. The van der Waals surface area contributed by atoms with Crippen molar-refractivity contribution >= 4 is 38.4 Å². The second kappa shape index (κ2) is 10.4. The molecule has 0 saturated heterocycles. The number of nitrogens with zero attached hydrogens (tertiary/aromatic N) is 4. The molecule has 4 rings (SSSR count). The molecule has 1 aromatic carbocycles. The van der Waals surface area contributed by atoms with E-state index in [-0.39, 0.29) is 40.7 Å². The number of nitrogens with two attached hydrogens (primary N) is 1. The smallest absolute Gasteiger partial charge is 0.232 e. The van der Waals surface area contributed by atoms with E-state index in [1.165, 1.54) is 18.2 Å². The Balaban J connectivity index is 1.66. The van der Waals surface area contributed by atoms with Gasteiger partial charge >= 0.3 is 0 Å². The van der Waals surface area contributed by atoms with Crippen LogP contribution in [-0.4, -0.2) is 46.8 Å². The van der Waals surface area contributed by atoms with E-state index >= 15 is 4.39 Å².